The van der Waals surface area contributed by atoms with Gasteiger partial charge in [-0.3, -0.25) is 4.98 Å². The Kier molecular flexibility index (Phi) is 3.69. The molecule has 0 aliphatic carbocycles. The van der Waals surface area contributed by atoms with E-state index in [9.17, 15) is 13.2 Å². The largest absolute Gasteiger partial charge is 0.416 e. The van der Waals surface area contributed by atoms with E-state index in [1.807, 2.05) is 6.07 Å². The summed E-state index contributed by atoms with van der Waals surface area (Å²) in [6.45, 7) is 3.64. The summed E-state index contributed by atoms with van der Waals surface area (Å²) in [6.07, 6.45) is -0.491. The molecule has 0 saturated heterocycles. The molecule has 0 radical (unpaired) electrons. The van der Waals surface area contributed by atoms with Crippen LogP contribution in [0.4, 0.5) is 13.2 Å². The van der Waals surface area contributed by atoms with Crippen LogP contribution in [-0.4, -0.2) is 4.98 Å². The normalized spacial score (nSPS) is 13.0. The highest BCUT2D eigenvalue weighted by atomic mass is 19.4. The standard InChI is InChI=1S/C15H12F3N/c1-2-12(11-6-4-3-5-7-11)13-10-19-9-8-14(13)15(16,17)18/h2-10,12H,1H2/t12-/m1/s1. The molecule has 0 N–H and O–H groups in total. The van der Waals surface area contributed by atoms with E-state index in [0.29, 0.717) is 0 Å². The molecule has 98 valence electrons. The molecule has 1 nitrogen and oxygen atoms in total. The highest BCUT2D eigenvalue weighted by molar-refractivity contribution is 5.40. The number of benzene rings is 1. The van der Waals surface area contributed by atoms with Gasteiger partial charge in [0.1, 0.15) is 0 Å². The molecule has 0 bridgehead atoms. The average molecular weight is 263 g/mol. The fourth-order valence-corrected chi connectivity index (χ4v) is 2.02. The van der Waals surface area contributed by atoms with Gasteiger partial charge in [0.15, 0.2) is 0 Å². The van der Waals surface area contributed by atoms with Gasteiger partial charge in [0.2, 0.25) is 0 Å². The van der Waals surface area contributed by atoms with E-state index in [1.165, 1.54) is 12.3 Å². The van der Waals surface area contributed by atoms with Crippen molar-refractivity contribution in [3.8, 4) is 0 Å². The van der Waals surface area contributed by atoms with Crippen molar-refractivity contribution in [2.75, 3.05) is 0 Å². The third-order valence-electron chi connectivity index (χ3n) is 2.89. The molecule has 0 saturated carbocycles. The smallest absolute Gasteiger partial charge is 0.264 e. The van der Waals surface area contributed by atoms with Crippen LogP contribution in [0.25, 0.3) is 0 Å². The summed E-state index contributed by atoms with van der Waals surface area (Å²) in [5.74, 6) is -0.522. The molecule has 4 heteroatoms. The second-order valence-corrected chi connectivity index (χ2v) is 4.08. The Labute approximate surface area is 109 Å². The van der Waals surface area contributed by atoms with E-state index < -0.39 is 17.7 Å². The third-order valence-corrected chi connectivity index (χ3v) is 2.89. The van der Waals surface area contributed by atoms with Gasteiger partial charge in [-0.1, -0.05) is 36.4 Å². The highest BCUT2D eigenvalue weighted by Gasteiger charge is 2.34. The lowest BCUT2D eigenvalue weighted by molar-refractivity contribution is -0.138. The minimum atomic E-state index is -4.39. The molecule has 0 unspecified atom stereocenters. The van der Waals surface area contributed by atoms with Gasteiger partial charge in [-0.15, -0.1) is 6.58 Å². The molecule has 0 spiro atoms. The van der Waals surface area contributed by atoms with Crippen LogP contribution in [-0.2, 0) is 6.18 Å². The summed E-state index contributed by atoms with van der Waals surface area (Å²) in [7, 11) is 0. The number of hydrogen-bond acceptors (Lipinski definition) is 1. The molecule has 2 aromatic rings. The lowest BCUT2D eigenvalue weighted by Crippen LogP contribution is -2.12. The van der Waals surface area contributed by atoms with Gasteiger partial charge in [-0.25, -0.2) is 0 Å². The zero-order valence-electron chi connectivity index (χ0n) is 10.1. The summed E-state index contributed by atoms with van der Waals surface area (Å²) in [5, 5.41) is 0. The molecular formula is C15H12F3N. The second-order valence-electron chi connectivity index (χ2n) is 4.08. The summed E-state index contributed by atoms with van der Waals surface area (Å²) in [4.78, 5) is 3.81. The second kappa shape index (κ2) is 5.26. The van der Waals surface area contributed by atoms with Crippen molar-refractivity contribution in [3.63, 3.8) is 0 Å². The number of allylic oxidation sites excluding steroid dienone is 1. The molecule has 1 atom stereocenters. The summed E-state index contributed by atoms with van der Waals surface area (Å²) in [5.41, 5.74) is 0.212. The van der Waals surface area contributed by atoms with Crippen molar-refractivity contribution in [1.29, 1.82) is 0 Å². The molecular weight excluding hydrogens is 251 g/mol. The fourth-order valence-electron chi connectivity index (χ4n) is 2.02. The van der Waals surface area contributed by atoms with E-state index in [2.05, 4.69) is 11.6 Å². The number of aromatic nitrogens is 1. The van der Waals surface area contributed by atoms with Gasteiger partial charge in [0.05, 0.1) is 5.56 Å². The first kappa shape index (κ1) is 13.3. The number of rotatable bonds is 3. The van der Waals surface area contributed by atoms with Crippen LogP contribution < -0.4 is 0 Å². The van der Waals surface area contributed by atoms with Crippen LogP contribution >= 0.6 is 0 Å². The zero-order valence-corrected chi connectivity index (χ0v) is 10.1. The zero-order chi connectivity index (χ0) is 13.9. The fraction of sp³-hybridized carbons (Fsp3) is 0.133. The van der Waals surface area contributed by atoms with Crippen LogP contribution in [0.1, 0.15) is 22.6 Å². The lowest BCUT2D eigenvalue weighted by Gasteiger charge is -2.18. The molecule has 1 aromatic heterocycles. The molecule has 0 amide bonds. The highest BCUT2D eigenvalue weighted by Crippen LogP contribution is 2.37. The molecule has 0 fully saturated rings. The van der Waals surface area contributed by atoms with Gasteiger partial charge in [-0.2, -0.15) is 13.2 Å². The quantitative estimate of drug-likeness (QED) is 0.747. The average Bonchev–Trinajstić information content (AvgIpc) is 2.40. The Morgan fingerprint density at radius 2 is 1.79 bits per heavy atom. The minimum absolute atomic E-state index is 0.121. The molecule has 0 aliphatic rings. The number of alkyl halides is 3. The van der Waals surface area contributed by atoms with Crippen LogP contribution in [0.15, 0.2) is 61.4 Å². The van der Waals surface area contributed by atoms with Crippen molar-refractivity contribution in [3.05, 3.63) is 78.1 Å². The SMILES string of the molecule is C=C[C@H](c1ccccc1)c1cnccc1C(F)(F)F. The maximum atomic E-state index is 13.0. The van der Waals surface area contributed by atoms with Gasteiger partial charge in [0.25, 0.3) is 0 Å². The Balaban J connectivity index is 2.54. The minimum Gasteiger partial charge on any atom is -0.264 e. The number of halogens is 3. The molecule has 19 heavy (non-hydrogen) atoms. The number of pyridine rings is 1. The van der Waals surface area contributed by atoms with E-state index in [4.69, 9.17) is 0 Å². The van der Waals surface area contributed by atoms with Crippen LogP contribution in [0.5, 0.6) is 0 Å². The third kappa shape index (κ3) is 2.84. The Hall–Kier alpha value is -2.10. The molecule has 1 heterocycles. The monoisotopic (exact) mass is 263 g/mol. The van der Waals surface area contributed by atoms with E-state index in [1.54, 1.807) is 24.3 Å². The van der Waals surface area contributed by atoms with E-state index >= 15 is 0 Å². The van der Waals surface area contributed by atoms with Gasteiger partial charge < -0.3 is 0 Å². The van der Waals surface area contributed by atoms with Crippen LogP contribution in [0.3, 0.4) is 0 Å². The summed E-state index contributed by atoms with van der Waals surface area (Å²) in [6, 6.07) is 9.94. The molecule has 2 rings (SSSR count). The van der Waals surface area contributed by atoms with E-state index in [-0.39, 0.29) is 5.56 Å². The summed E-state index contributed by atoms with van der Waals surface area (Å²) >= 11 is 0. The van der Waals surface area contributed by atoms with Crippen molar-refractivity contribution < 1.29 is 13.2 Å². The number of hydrogen-bond donors (Lipinski definition) is 0. The number of nitrogens with zero attached hydrogens (tertiary/aromatic N) is 1. The van der Waals surface area contributed by atoms with Crippen molar-refractivity contribution in [1.82, 2.24) is 4.98 Å². The lowest BCUT2D eigenvalue weighted by atomic mass is 9.89. The van der Waals surface area contributed by atoms with Crippen LogP contribution in [0, 0.1) is 0 Å². The van der Waals surface area contributed by atoms with Crippen LogP contribution in [0.2, 0.25) is 0 Å². The van der Waals surface area contributed by atoms with Crippen molar-refractivity contribution >= 4 is 0 Å². The summed E-state index contributed by atoms with van der Waals surface area (Å²) < 4.78 is 39.0. The van der Waals surface area contributed by atoms with Crippen molar-refractivity contribution in [2.45, 2.75) is 12.1 Å². The Bertz CT molecular complexity index is 561. The van der Waals surface area contributed by atoms with Gasteiger partial charge in [0, 0.05) is 18.3 Å². The van der Waals surface area contributed by atoms with Gasteiger partial charge >= 0.3 is 6.18 Å². The predicted molar refractivity (Wildman–Crippen MR) is 67.7 cm³/mol. The first-order chi connectivity index (χ1) is 9.04. The first-order valence-electron chi connectivity index (χ1n) is 5.72. The first-order valence-corrected chi connectivity index (χ1v) is 5.72. The molecule has 1 aromatic carbocycles. The predicted octanol–water partition coefficient (Wildman–Crippen LogP) is 4.42. The van der Waals surface area contributed by atoms with Crippen molar-refractivity contribution in [2.24, 2.45) is 0 Å². The maximum absolute atomic E-state index is 13.0. The van der Waals surface area contributed by atoms with E-state index in [0.717, 1.165) is 17.8 Å². The van der Waals surface area contributed by atoms with Gasteiger partial charge in [-0.05, 0) is 17.2 Å². The Morgan fingerprint density at radius 3 is 2.37 bits per heavy atom. The topological polar surface area (TPSA) is 12.9 Å². The Morgan fingerprint density at radius 1 is 1.11 bits per heavy atom. The maximum Gasteiger partial charge on any atom is 0.416 e. The molecule has 0 aliphatic heterocycles.